The van der Waals surface area contributed by atoms with Crippen molar-refractivity contribution in [2.24, 2.45) is 0 Å². The Morgan fingerprint density at radius 3 is 2.55 bits per heavy atom. The van der Waals surface area contributed by atoms with Crippen molar-refractivity contribution in [3.05, 3.63) is 17.6 Å². The molecule has 0 bridgehead atoms. The number of anilines is 1. The molecule has 1 N–H and O–H groups in total. The average Bonchev–Trinajstić information content (AvgIpc) is 2.44. The maximum Gasteiger partial charge on any atom is 0.144 e. The first-order valence-electron chi connectivity index (χ1n) is 6.92. The monoisotopic (exact) mass is 282 g/mol. The van der Waals surface area contributed by atoms with Crippen LogP contribution in [-0.2, 0) is 16.0 Å². The van der Waals surface area contributed by atoms with Crippen LogP contribution in [0.2, 0.25) is 0 Å². The van der Waals surface area contributed by atoms with Crippen LogP contribution in [0.15, 0.2) is 6.07 Å². The van der Waals surface area contributed by atoms with E-state index in [1.54, 1.807) is 14.2 Å². The molecule has 1 aromatic heterocycles. The topological polar surface area (TPSA) is 59.5 Å². The molecule has 1 aromatic rings. The minimum atomic E-state index is 0.706. The van der Waals surface area contributed by atoms with Gasteiger partial charge in [-0.05, 0) is 13.3 Å². The Morgan fingerprint density at radius 2 is 1.90 bits per heavy atom. The molecule has 20 heavy (non-hydrogen) atoms. The molecule has 0 radical (unpaired) electrons. The van der Waals surface area contributed by atoms with E-state index in [-0.39, 0.29) is 0 Å². The van der Waals surface area contributed by atoms with E-state index in [0.29, 0.717) is 6.61 Å². The van der Waals surface area contributed by atoms with Crippen molar-refractivity contribution in [1.29, 1.82) is 0 Å². The Bertz CT molecular complexity index is 387. The quantitative estimate of drug-likeness (QED) is 0.653. The van der Waals surface area contributed by atoms with E-state index in [9.17, 15) is 0 Å². The van der Waals surface area contributed by atoms with Gasteiger partial charge in [0.05, 0.1) is 13.2 Å². The molecular formula is C14H26N4O2. The summed E-state index contributed by atoms with van der Waals surface area (Å²) >= 11 is 0. The second-order valence-electron chi connectivity index (χ2n) is 4.68. The molecule has 0 aromatic carbocycles. The van der Waals surface area contributed by atoms with Crippen molar-refractivity contribution in [3.63, 3.8) is 0 Å². The van der Waals surface area contributed by atoms with Gasteiger partial charge in [-0.2, -0.15) is 0 Å². The van der Waals surface area contributed by atoms with E-state index in [4.69, 9.17) is 9.47 Å². The fraction of sp³-hybridized carbons (Fsp3) is 0.714. The highest BCUT2D eigenvalue weighted by atomic mass is 16.5. The first kappa shape index (κ1) is 16.8. The van der Waals surface area contributed by atoms with Crippen LogP contribution in [0, 0.1) is 6.92 Å². The van der Waals surface area contributed by atoms with E-state index in [1.165, 1.54) is 0 Å². The molecule has 0 aliphatic carbocycles. The molecule has 0 unspecified atom stereocenters. The van der Waals surface area contributed by atoms with Crippen molar-refractivity contribution < 1.29 is 9.47 Å². The second kappa shape index (κ2) is 9.63. The summed E-state index contributed by atoms with van der Waals surface area (Å²) < 4.78 is 10.3. The van der Waals surface area contributed by atoms with Gasteiger partial charge in [-0.3, -0.25) is 4.90 Å². The number of hydrogen-bond acceptors (Lipinski definition) is 6. The van der Waals surface area contributed by atoms with Crippen LogP contribution in [0.1, 0.15) is 17.9 Å². The summed E-state index contributed by atoms with van der Waals surface area (Å²) in [5.41, 5.74) is 0.975. The molecular weight excluding hydrogens is 256 g/mol. The summed E-state index contributed by atoms with van der Waals surface area (Å²) in [6, 6.07) is 1.94. The minimum absolute atomic E-state index is 0.706. The third-order valence-corrected chi connectivity index (χ3v) is 2.96. The van der Waals surface area contributed by atoms with E-state index < -0.39 is 0 Å². The van der Waals surface area contributed by atoms with Crippen LogP contribution in [0.5, 0.6) is 0 Å². The van der Waals surface area contributed by atoms with Gasteiger partial charge < -0.3 is 14.8 Å². The van der Waals surface area contributed by atoms with Gasteiger partial charge in [-0.15, -0.1) is 0 Å². The Morgan fingerprint density at radius 1 is 1.15 bits per heavy atom. The number of nitrogens with zero attached hydrogens (tertiary/aromatic N) is 3. The fourth-order valence-corrected chi connectivity index (χ4v) is 1.95. The van der Waals surface area contributed by atoms with E-state index >= 15 is 0 Å². The third-order valence-electron chi connectivity index (χ3n) is 2.96. The number of aromatic nitrogens is 2. The van der Waals surface area contributed by atoms with Gasteiger partial charge in [0.15, 0.2) is 0 Å². The first-order chi connectivity index (χ1) is 9.69. The van der Waals surface area contributed by atoms with Gasteiger partial charge in [-0.25, -0.2) is 9.97 Å². The van der Waals surface area contributed by atoms with Crippen LogP contribution in [0.4, 0.5) is 5.82 Å². The third kappa shape index (κ3) is 6.27. The number of aryl methyl sites for hydroxylation is 1. The SMILES string of the molecule is CNc1cc(C)nc(CN(CCCOC)CCOC)n1. The number of rotatable bonds is 10. The number of ether oxygens (including phenoxy) is 2. The Balaban J connectivity index is 2.64. The standard InChI is InChI=1S/C14H26N4O2/c1-12-10-13(15-2)17-14(16-12)11-18(7-9-20-4)6-5-8-19-3/h10H,5-9,11H2,1-4H3,(H,15,16,17). The van der Waals surface area contributed by atoms with Crippen molar-refractivity contribution >= 4 is 5.82 Å². The van der Waals surface area contributed by atoms with Gasteiger partial charge in [0.2, 0.25) is 0 Å². The lowest BCUT2D eigenvalue weighted by Gasteiger charge is -2.21. The molecule has 0 saturated heterocycles. The lowest BCUT2D eigenvalue weighted by molar-refractivity contribution is 0.127. The lowest BCUT2D eigenvalue weighted by Crippen LogP contribution is -2.29. The Hall–Kier alpha value is -1.24. The summed E-state index contributed by atoms with van der Waals surface area (Å²) in [5.74, 6) is 1.69. The highest BCUT2D eigenvalue weighted by molar-refractivity contribution is 5.34. The number of nitrogens with one attached hydrogen (secondary N) is 1. The van der Waals surface area contributed by atoms with Crippen LogP contribution >= 0.6 is 0 Å². The summed E-state index contributed by atoms with van der Waals surface area (Å²) in [6.45, 7) is 5.99. The molecule has 1 heterocycles. The van der Waals surface area contributed by atoms with Crippen LogP contribution in [0.25, 0.3) is 0 Å². The number of hydrogen-bond donors (Lipinski definition) is 1. The van der Waals surface area contributed by atoms with Gasteiger partial charge in [0, 0.05) is 52.7 Å². The minimum Gasteiger partial charge on any atom is -0.385 e. The normalized spacial score (nSPS) is 11.1. The molecule has 0 saturated carbocycles. The molecule has 0 amide bonds. The summed E-state index contributed by atoms with van der Waals surface area (Å²) in [7, 11) is 5.31. The van der Waals surface area contributed by atoms with Crippen LogP contribution < -0.4 is 5.32 Å². The molecule has 0 spiro atoms. The highest BCUT2D eigenvalue weighted by Crippen LogP contribution is 2.08. The van der Waals surface area contributed by atoms with Crippen LogP contribution in [-0.4, -0.2) is 62.4 Å². The summed E-state index contributed by atoms with van der Waals surface area (Å²) in [5, 5.41) is 3.06. The largest absolute Gasteiger partial charge is 0.385 e. The fourth-order valence-electron chi connectivity index (χ4n) is 1.95. The zero-order valence-electron chi connectivity index (χ0n) is 13.0. The van der Waals surface area contributed by atoms with Crippen molar-refractivity contribution in [2.45, 2.75) is 19.9 Å². The van der Waals surface area contributed by atoms with Crippen molar-refractivity contribution in [2.75, 3.05) is 52.9 Å². The molecule has 0 aliphatic rings. The van der Waals surface area contributed by atoms with Gasteiger partial charge in [0.25, 0.3) is 0 Å². The molecule has 1 rings (SSSR count). The molecule has 6 heteroatoms. The zero-order chi connectivity index (χ0) is 14.8. The van der Waals surface area contributed by atoms with E-state index in [0.717, 1.165) is 50.0 Å². The first-order valence-corrected chi connectivity index (χ1v) is 6.92. The Labute approximate surface area is 121 Å². The average molecular weight is 282 g/mol. The second-order valence-corrected chi connectivity index (χ2v) is 4.68. The molecule has 0 atom stereocenters. The summed E-state index contributed by atoms with van der Waals surface area (Å²) in [6.07, 6.45) is 0.991. The van der Waals surface area contributed by atoms with Gasteiger partial charge >= 0.3 is 0 Å². The van der Waals surface area contributed by atoms with E-state index in [2.05, 4.69) is 20.2 Å². The molecule has 6 nitrogen and oxygen atoms in total. The van der Waals surface area contributed by atoms with Gasteiger partial charge in [0.1, 0.15) is 11.6 Å². The zero-order valence-corrected chi connectivity index (χ0v) is 13.0. The Kier molecular flexibility index (Phi) is 8.10. The highest BCUT2D eigenvalue weighted by Gasteiger charge is 2.09. The predicted octanol–water partition coefficient (Wildman–Crippen LogP) is 1.31. The summed E-state index contributed by atoms with van der Waals surface area (Å²) in [4.78, 5) is 11.3. The van der Waals surface area contributed by atoms with Crippen molar-refractivity contribution in [1.82, 2.24) is 14.9 Å². The molecule has 0 aliphatic heterocycles. The predicted molar refractivity (Wildman–Crippen MR) is 80.0 cm³/mol. The van der Waals surface area contributed by atoms with Crippen LogP contribution in [0.3, 0.4) is 0 Å². The smallest absolute Gasteiger partial charge is 0.144 e. The van der Waals surface area contributed by atoms with Crippen molar-refractivity contribution in [3.8, 4) is 0 Å². The maximum atomic E-state index is 5.16. The lowest BCUT2D eigenvalue weighted by atomic mass is 10.3. The molecule has 0 fully saturated rings. The maximum absolute atomic E-state index is 5.16. The molecule has 114 valence electrons. The van der Waals surface area contributed by atoms with Gasteiger partial charge in [-0.1, -0.05) is 0 Å². The number of methoxy groups -OCH3 is 2. The van der Waals surface area contributed by atoms with E-state index in [1.807, 2.05) is 20.0 Å².